The molecule has 1 aromatic rings. The van der Waals surface area contributed by atoms with E-state index >= 15 is 0 Å². The topological polar surface area (TPSA) is 49.3 Å². The Kier molecular flexibility index (Phi) is 5.10. The van der Waals surface area contributed by atoms with Crippen LogP contribution in [0.25, 0.3) is 0 Å². The SMILES string of the molecule is O=C(NCC1CCCC1CO)c1c(F)cc(Br)cc1F. The van der Waals surface area contributed by atoms with Crippen molar-refractivity contribution in [3.63, 3.8) is 0 Å². The van der Waals surface area contributed by atoms with E-state index in [0.29, 0.717) is 6.54 Å². The molecule has 1 amide bonds. The fourth-order valence-electron chi connectivity index (χ4n) is 2.69. The Morgan fingerprint density at radius 1 is 1.30 bits per heavy atom. The van der Waals surface area contributed by atoms with Gasteiger partial charge in [0.1, 0.15) is 17.2 Å². The maximum atomic E-state index is 13.6. The molecule has 2 unspecified atom stereocenters. The normalized spacial score (nSPS) is 22.0. The maximum absolute atomic E-state index is 13.6. The molecule has 2 atom stereocenters. The molecule has 110 valence electrons. The molecule has 2 rings (SSSR count). The summed E-state index contributed by atoms with van der Waals surface area (Å²) in [4.78, 5) is 11.9. The predicted octanol–water partition coefficient (Wildman–Crippen LogP) is 2.87. The van der Waals surface area contributed by atoms with Crippen molar-refractivity contribution in [1.29, 1.82) is 0 Å². The molecule has 0 heterocycles. The lowest BCUT2D eigenvalue weighted by Gasteiger charge is -2.18. The van der Waals surface area contributed by atoms with Gasteiger partial charge < -0.3 is 10.4 Å². The number of aliphatic hydroxyl groups is 1. The molecule has 0 aliphatic heterocycles. The van der Waals surface area contributed by atoms with Crippen LogP contribution < -0.4 is 5.32 Å². The summed E-state index contributed by atoms with van der Waals surface area (Å²) in [5.74, 6) is -2.20. The first kappa shape index (κ1) is 15.4. The van der Waals surface area contributed by atoms with Crippen LogP contribution in [0.4, 0.5) is 8.78 Å². The van der Waals surface area contributed by atoms with Crippen LogP contribution >= 0.6 is 15.9 Å². The number of amides is 1. The zero-order valence-corrected chi connectivity index (χ0v) is 12.4. The molecule has 6 heteroatoms. The smallest absolute Gasteiger partial charge is 0.257 e. The van der Waals surface area contributed by atoms with E-state index in [2.05, 4.69) is 21.2 Å². The zero-order valence-electron chi connectivity index (χ0n) is 10.8. The first-order valence-electron chi connectivity index (χ1n) is 6.56. The molecule has 0 bridgehead atoms. The van der Waals surface area contributed by atoms with Crippen LogP contribution in [-0.2, 0) is 0 Å². The second kappa shape index (κ2) is 6.63. The van der Waals surface area contributed by atoms with Gasteiger partial charge in [0.2, 0.25) is 0 Å². The van der Waals surface area contributed by atoms with Crippen LogP contribution in [-0.4, -0.2) is 24.2 Å². The monoisotopic (exact) mass is 347 g/mol. The summed E-state index contributed by atoms with van der Waals surface area (Å²) in [5, 5.41) is 11.8. The molecule has 1 fully saturated rings. The number of carbonyl (C=O) groups is 1. The van der Waals surface area contributed by atoms with E-state index < -0.39 is 23.1 Å². The summed E-state index contributed by atoms with van der Waals surface area (Å²) in [6, 6.07) is 2.12. The van der Waals surface area contributed by atoms with Gasteiger partial charge in [-0.25, -0.2) is 8.78 Å². The summed E-state index contributed by atoms with van der Waals surface area (Å²) in [6.07, 6.45) is 2.85. The molecule has 1 aromatic carbocycles. The van der Waals surface area contributed by atoms with Gasteiger partial charge in [0.15, 0.2) is 0 Å². The molecule has 1 aliphatic carbocycles. The average Bonchev–Trinajstić information content (AvgIpc) is 2.82. The lowest BCUT2D eigenvalue weighted by atomic mass is 9.97. The Morgan fingerprint density at radius 3 is 2.50 bits per heavy atom. The highest BCUT2D eigenvalue weighted by Gasteiger charge is 2.27. The van der Waals surface area contributed by atoms with Crippen LogP contribution in [0.3, 0.4) is 0 Å². The van der Waals surface area contributed by atoms with E-state index in [9.17, 15) is 18.7 Å². The number of nitrogens with one attached hydrogen (secondary N) is 1. The fourth-order valence-corrected chi connectivity index (χ4v) is 3.10. The quantitative estimate of drug-likeness (QED) is 0.879. The van der Waals surface area contributed by atoms with Crippen molar-refractivity contribution in [2.24, 2.45) is 11.8 Å². The van der Waals surface area contributed by atoms with Gasteiger partial charge in [0, 0.05) is 17.6 Å². The van der Waals surface area contributed by atoms with Crippen LogP contribution in [0.2, 0.25) is 0 Å². The number of hydrogen-bond donors (Lipinski definition) is 2. The molecular weight excluding hydrogens is 332 g/mol. The summed E-state index contributed by atoms with van der Waals surface area (Å²) in [6.45, 7) is 0.417. The van der Waals surface area contributed by atoms with Gasteiger partial charge in [-0.1, -0.05) is 22.4 Å². The second-order valence-corrected chi connectivity index (χ2v) is 6.00. The minimum Gasteiger partial charge on any atom is -0.396 e. The van der Waals surface area contributed by atoms with Crippen LogP contribution in [0.15, 0.2) is 16.6 Å². The van der Waals surface area contributed by atoms with Crippen molar-refractivity contribution in [2.75, 3.05) is 13.2 Å². The molecule has 3 nitrogen and oxygen atoms in total. The van der Waals surface area contributed by atoms with Crippen molar-refractivity contribution < 1.29 is 18.7 Å². The third-order valence-corrected chi connectivity index (χ3v) is 4.27. The van der Waals surface area contributed by atoms with Crippen molar-refractivity contribution >= 4 is 21.8 Å². The molecule has 20 heavy (non-hydrogen) atoms. The van der Waals surface area contributed by atoms with Crippen molar-refractivity contribution in [1.82, 2.24) is 5.32 Å². The summed E-state index contributed by atoms with van der Waals surface area (Å²) in [5.41, 5.74) is -0.563. The van der Waals surface area contributed by atoms with Gasteiger partial charge >= 0.3 is 0 Å². The third-order valence-electron chi connectivity index (χ3n) is 3.81. The van der Waals surface area contributed by atoms with Crippen molar-refractivity contribution in [2.45, 2.75) is 19.3 Å². The van der Waals surface area contributed by atoms with E-state index in [1.54, 1.807) is 0 Å². The Hall–Kier alpha value is -1.01. The molecule has 1 saturated carbocycles. The van der Waals surface area contributed by atoms with E-state index in [1.165, 1.54) is 0 Å². The van der Waals surface area contributed by atoms with Crippen molar-refractivity contribution in [3.8, 4) is 0 Å². The van der Waals surface area contributed by atoms with Gasteiger partial charge in [0.05, 0.1) is 0 Å². The summed E-state index contributed by atoms with van der Waals surface area (Å²) < 4.78 is 27.5. The number of halogens is 3. The van der Waals surface area contributed by atoms with Crippen LogP contribution in [0.1, 0.15) is 29.6 Å². The van der Waals surface area contributed by atoms with E-state index in [1.807, 2.05) is 0 Å². The largest absolute Gasteiger partial charge is 0.396 e. The van der Waals surface area contributed by atoms with Gasteiger partial charge in [0.25, 0.3) is 5.91 Å². The van der Waals surface area contributed by atoms with Crippen LogP contribution in [0.5, 0.6) is 0 Å². The minimum atomic E-state index is -0.889. The molecule has 0 aromatic heterocycles. The first-order chi connectivity index (χ1) is 9.52. The lowest BCUT2D eigenvalue weighted by molar-refractivity contribution is 0.0929. The minimum absolute atomic E-state index is 0.0849. The van der Waals surface area contributed by atoms with Gasteiger partial charge in [-0.3, -0.25) is 4.79 Å². The van der Waals surface area contributed by atoms with Gasteiger partial charge in [-0.05, 0) is 36.8 Å². The number of benzene rings is 1. The first-order valence-corrected chi connectivity index (χ1v) is 7.35. The number of hydrogen-bond acceptors (Lipinski definition) is 2. The van der Waals surface area contributed by atoms with E-state index in [0.717, 1.165) is 31.4 Å². The Morgan fingerprint density at radius 2 is 1.90 bits per heavy atom. The lowest BCUT2D eigenvalue weighted by Crippen LogP contribution is -2.32. The Bertz CT molecular complexity index is 487. The van der Waals surface area contributed by atoms with Gasteiger partial charge in [-0.15, -0.1) is 0 Å². The Balaban J connectivity index is 2.02. The number of rotatable bonds is 4. The highest BCUT2D eigenvalue weighted by molar-refractivity contribution is 9.10. The highest BCUT2D eigenvalue weighted by Crippen LogP contribution is 2.30. The van der Waals surface area contributed by atoms with Crippen molar-refractivity contribution in [3.05, 3.63) is 33.8 Å². The summed E-state index contributed by atoms with van der Waals surface area (Å²) >= 11 is 2.97. The zero-order chi connectivity index (χ0) is 14.7. The number of aliphatic hydroxyl groups excluding tert-OH is 1. The molecule has 1 aliphatic rings. The third kappa shape index (κ3) is 3.35. The standard InChI is InChI=1S/C14H16BrF2NO2/c15-10-4-11(16)13(12(17)5-10)14(20)18-6-8-2-1-3-9(8)7-19/h4-5,8-9,19H,1-3,6-7H2,(H,18,20). The molecular formula is C14H16BrF2NO2. The average molecular weight is 348 g/mol. The van der Waals surface area contributed by atoms with E-state index in [-0.39, 0.29) is 22.9 Å². The second-order valence-electron chi connectivity index (χ2n) is 5.09. The van der Waals surface area contributed by atoms with E-state index in [4.69, 9.17) is 0 Å². The molecule has 2 N–H and O–H groups in total. The Labute approximate surface area is 124 Å². The molecule has 0 spiro atoms. The summed E-state index contributed by atoms with van der Waals surface area (Å²) in [7, 11) is 0. The number of carbonyl (C=O) groups excluding carboxylic acids is 1. The maximum Gasteiger partial charge on any atom is 0.257 e. The molecule has 0 radical (unpaired) electrons. The predicted molar refractivity (Wildman–Crippen MR) is 74.3 cm³/mol. The highest BCUT2D eigenvalue weighted by atomic mass is 79.9. The fraction of sp³-hybridized carbons (Fsp3) is 0.500. The van der Waals surface area contributed by atoms with Crippen LogP contribution in [0, 0.1) is 23.5 Å². The molecule has 0 saturated heterocycles. The van der Waals surface area contributed by atoms with Gasteiger partial charge in [-0.2, -0.15) is 0 Å².